The first kappa shape index (κ1) is 17.9. The lowest BCUT2D eigenvalue weighted by atomic mass is 9.98. The van der Waals surface area contributed by atoms with E-state index in [1.165, 1.54) is 7.05 Å². The Kier molecular flexibility index (Phi) is 3.49. The van der Waals surface area contributed by atoms with E-state index >= 15 is 0 Å². The summed E-state index contributed by atoms with van der Waals surface area (Å²) in [6, 6.07) is 1.74. The van der Waals surface area contributed by atoms with E-state index in [0.717, 1.165) is 4.31 Å². The van der Waals surface area contributed by atoms with Crippen molar-refractivity contribution in [1.29, 1.82) is 0 Å². The molecule has 26 heavy (non-hydrogen) atoms. The van der Waals surface area contributed by atoms with Crippen LogP contribution in [0.3, 0.4) is 0 Å². The molecule has 9 heteroatoms. The molecule has 0 amide bonds. The van der Waals surface area contributed by atoms with E-state index in [2.05, 4.69) is 9.71 Å². The van der Waals surface area contributed by atoms with Crippen LogP contribution in [-0.2, 0) is 16.6 Å². The number of pyridine rings is 1. The number of rotatable bonds is 4. The summed E-state index contributed by atoms with van der Waals surface area (Å²) < 4.78 is 54.7. The minimum absolute atomic E-state index is 0.000425. The molecule has 3 aliphatic rings. The van der Waals surface area contributed by atoms with Gasteiger partial charge < -0.3 is 5.11 Å². The van der Waals surface area contributed by atoms with Crippen LogP contribution >= 0.6 is 0 Å². The lowest BCUT2D eigenvalue weighted by molar-refractivity contribution is 0.0501. The van der Waals surface area contributed by atoms with Crippen LogP contribution in [0.5, 0.6) is 0 Å². The van der Waals surface area contributed by atoms with Gasteiger partial charge in [0.05, 0.1) is 11.3 Å². The van der Waals surface area contributed by atoms with Crippen molar-refractivity contribution in [3.8, 4) is 0 Å². The molecular weight excluding hydrogens is 364 g/mol. The Balaban J connectivity index is 1.75. The molecule has 0 radical (unpaired) electrons. The number of nitrogens with one attached hydrogen (secondary N) is 1. The normalized spacial score (nSPS) is 33.6. The molecule has 1 aliphatic heterocycles. The predicted octanol–water partition coefficient (Wildman–Crippen LogP) is 2.51. The van der Waals surface area contributed by atoms with E-state index < -0.39 is 27.7 Å². The number of halogens is 2. The van der Waals surface area contributed by atoms with Gasteiger partial charge in [-0.2, -0.15) is 8.42 Å². The minimum atomic E-state index is -3.74. The fourth-order valence-corrected chi connectivity index (χ4v) is 5.32. The lowest BCUT2D eigenvalue weighted by Crippen LogP contribution is -2.25. The van der Waals surface area contributed by atoms with Gasteiger partial charge >= 0.3 is 10.2 Å². The topological polar surface area (TPSA) is 82.5 Å². The summed E-state index contributed by atoms with van der Waals surface area (Å²) in [6.07, 6.45) is -0.0658. The minimum Gasteiger partial charge on any atom is -0.390 e. The van der Waals surface area contributed by atoms with Crippen molar-refractivity contribution in [3.05, 3.63) is 17.3 Å². The van der Waals surface area contributed by atoms with Crippen LogP contribution < -0.4 is 9.03 Å². The molecule has 2 fully saturated rings. The third kappa shape index (κ3) is 2.67. The average Bonchev–Trinajstić information content (AvgIpc) is 3.31. The number of aliphatic hydroxyl groups is 1. The summed E-state index contributed by atoms with van der Waals surface area (Å²) in [4.78, 5) is 4.52. The first-order valence-electron chi connectivity index (χ1n) is 8.73. The standard InChI is InChI=1S/C17H23F2N3O3S/c1-8-12(13(8)16(2,3)23)11-6-9(5-10-7-17(10,18)19)14-15(20-11)22(4)26(24,25)21-14/h6,8,10,12-13,21,23H,5,7H2,1-4H3. The molecule has 2 aliphatic carbocycles. The van der Waals surface area contributed by atoms with Gasteiger partial charge in [0.2, 0.25) is 0 Å². The molecule has 1 aromatic rings. The van der Waals surface area contributed by atoms with Gasteiger partial charge in [-0.05, 0) is 43.7 Å². The molecule has 0 aromatic carbocycles. The van der Waals surface area contributed by atoms with Crippen molar-refractivity contribution < 1.29 is 22.3 Å². The van der Waals surface area contributed by atoms with Gasteiger partial charge in [-0.25, -0.2) is 18.1 Å². The van der Waals surface area contributed by atoms with Gasteiger partial charge in [0.25, 0.3) is 5.92 Å². The fourth-order valence-electron chi connectivity index (χ4n) is 4.34. The largest absolute Gasteiger partial charge is 0.390 e. The Bertz CT molecular complexity index is 882. The third-order valence-electron chi connectivity index (χ3n) is 5.95. The lowest BCUT2D eigenvalue weighted by Gasteiger charge is -2.18. The van der Waals surface area contributed by atoms with Crippen LogP contribution in [0, 0.1) is 17.8 Å². The first-order valence-corrected chi connectivity index (χ1v) is 10.2. The molecule has 2 N–H and O–H groups in total. The number of fused-ring (bicyclic) bond motifs is 1. The Morgan fingerprint density at radius 2 is 2.08 bits per heavy atom. The third-order valence-corrected chi connectivity index (χ3v) is 7.31. The zero-order chi connectivity index (χ0) is 19.2. The monoisotopic (exact) mass is 387 g/mol. The molecule has 2 saturated carbocycles. The van der Waals surface area contributed by atoms with E-state index in [9.17, 15) is 22.3 Å². The zero-order valence-electron chi connectivity index (χ0n) is 15.1. The maximum Gasteiger partial charge on any atom is 0.325 e. The van der Waals surface area contributed by atoms with Gasteiger partial charge in [-0.15, -0.1) is 0 Å². The van der Waals surface area contributed by atoms with Crippen molar-refractivity contribution >= 4 is 21.7 Å². The molecule has 0 bridgehead atoms. The van der Waals surface area contributed by atoms with Crippen LogP contribution in [0.4, 0.5) is 20.3 Å². The molecule has 4 atom stereocenters. The molecular formula is C17H23F2N3O3S. The number of alkyl halides is 2. The van der Waals surface area contributed by atoms with Gasteiger partial charge in [-0.1, -0.05) is 6.92 Å². The van der Waals surface area contributed by atoms with E-state index in [1.54, 1.807) is 19.9 Å². The molecule has 144 valence electrons. The van der Waals surface area contributed by atoms with Crippen molar-refractivity contribution in [2.45, 2.75) is 51.1 Å². The van der Waals surface area contributed by atoms with Crippen molar-refractivity contribution in [3.63, 3.8) is 0 Å². The van der Waals surface area contributed by atoms with Crippen LogP contribution in [-0.4, -0.2) is 37.1 Å². The van der Waals surface area contributed by atoms with Gasteiger partial charge in [-0.3, -0.25) is 4.72 Å². The Morgan fingerprint density at radius 1 is 1.46 bits per heavy atom. The number of aromatic nitrogens is 1. The Morgan fingerprint density at radius 3 is 2.58 bits per heavy atom. The highest BCUT2D eigenvalue weighted by atomic mass is 32.2. The Hall–Kier alpha value is -1.48. The number of hydrogen-bond donors (Lipinski definition) is 2. The second-order valence-corrected chi connectivity index (χ2v) is 10.1. The maximum absolute atomic E-state index is 13.4. The molecule has 1 aromatic heterocycles. The van der Waals surface area contributed by atoms with Crippen molar-refractivity contribution in [2.75, 3.05) is 16.1 Å². The van der Waals surface area contributed by atoms with E-state index in [1.807, 2.05) is 6.92 Å². The smallest absolute Gasteiger partial charge is 0.325 e. The number of nitrogens with zero attached hydrogens (tertiary/aromatic N) is 2. The highest BCUT2D eigenvalue weighted by Crippen LogP contribution is 2.59. The zero-order valence-corrected chi connectivity index (χ0v) is 15.9. The summed E-state index contributed by atoms with van der Waals surface area (Å²) in [5.74, 6) is -3.03. The predicted molar refractivity (Wildman–Crippen MR) is 93.6 cm³/mol. The second kappa shape index (κ2) is 5.07. The van der Waals surface area contributed by atoms with Crippen molar-refractivity contribution in [1.82, 2.24) is 4.98 Å². The molecule has 4 rings (SSSR count). The van der Waals surface area contributed by atoms with Crippen LogP contribution in [0.1, 0.15) is 44.4 Å². The summed E-state index contributed by atoms with van der Waals surface area (Å²) in [7, 11) is -2.35. The summed E-state index contributed by atoms with van der Waals surface area (Å²) >= 11 is 0. The van der Waals surface area contributed by atoms with E-state index in [4.69, 9.17) is 0 Å². The highest BCUT2D eigenvalue weighted by Gasteiger charge is 2.58. The van der Waals surface area contributed by atoms with E-state index in [-0.39, 0.29) is 36.4 Å². The molecule has 4 unspecified atom stereocenters. The van der Waals surface area contributed by atoms with Gasteiger partial charge in [0.1, 0.15) is 0 Å². The van der Waals surface area contributed by atoms with Crippen LogP contribution in [0.25, 0.3) is 0 Å². The molecule has 2 heterocycles. The average molecular weight is 387 g/mol. The van der Waals surface area contributed by atoms with Crippen molar-refractivity contribution in [2.24, 2.45) is 17.8 Å². The summed E-state index contributed by atoms with van der Waals surface area (Å²) in [5, 5.41) is 10.3. The summed E-state index contributed by atoms with van der Waals surface area (Å²) in [6.45, 7) is 5.49. The summed E-state index contributed by atoms with van der Waals surface area (Å²) in [5.41, 5.74) is 0.624. The first-order chi connectivity index (χ1) is 11.8. The number of hydrogen-bond acceptors (Lipinski definition) is 4. The maximum atomic E-state index is 13.4. The molecule has 0 spiro atoms. The van der Waals surface area contributed by atoms with Gasteiger partial charge in [0, 0.05) is 31.0 Å². The highest BCUT2D eigenvalue weighted by molar-refractivity contribution is 7.94. The molecule has 0 saturated heterocycles. The quantitative estimate of drug-likeness (QED) is 0.832. The van der Waals surface area contributed by atoms with E-state index in [0.29, 0.717) is 16.9 Å². The number of anilines is 2. The SMILES string of the molecule is CC1C(c2cc(CC3CC3(F)F)c3c(n2)N(C)S(=O)(=O)N3)C1C(C)(C)O. The Labute approximate surface area is 151 Å². The molecule has 6 nitrogen and oxygen atoms in total. The fraction of sp³-hybridized carbons (Fsp3) is 0.706. The second-order valence-electron chi connectivity index (χ2n) is 8.41. The van der Waals surface area contributed by atoms with Gasteiger partial charge in [0.15, 0.2) is 5.82 Å². The van der Waals surface area contributed by atoms with Crippen LogP contribution in [0.15, 0.2) is 6.07 Å². The van der Waals surface area contributed by atoms with Crippen LogP contribution in [0.2, 0.25) is 0 Å².